The summed E-state index contributed by atoms with van der Waals surface area (Å²) in [6.07, 6.45) is 4.85. The Labute approximate surface area is 78.4 Å². The van der Waals surface area contributed by atoms with E-state index in [1.807, 2.05) is 19.1 Å². The van der Waals surface area contributed by atoms with Crippen LogP contribution < -0.4 is 4.90 Å². The highest BCUT2D eigenvalue weighted by molar-refractivity contribution is 5.92. The highest BCUT2D eigenvalue weighted by atomic mass is 16.2. The third-order valence-corrected chi connectivity index (χ3v) is 1.89. The van der Waals surface area contributed by atoms with Gasteiger partial charge in [-0.25, -0.2) is 0 Å². The van der Waals surface area contributed by atoms with Gasteiger partial charge in [-0.05, 0) is 18.6 Å². The van der Waals surface area contributed by atoms with Crippen LogP contribution in [0.15, 0.2) is 24.5 Å². The van der Waals surface area contributed by atoms with Crippen molar-refractivity contribution in [1.82, 2.24) is 4.98 Å². The molecule has 0 saturated heterocycles. The monoisotopic (exact) mass is 178 g/mol. The van der Waals surface area contributed by atoms with Crippen LogP contribution in [0.3, 0.4) is 0 Å². The first-order chi connectivity index (χ1) is 6.25. The Kier molecular flexibility index (Phi) is 3.43. The average Bonchev–Trinajstić information content (AvgIpc) is 2.18. The van der Waals surface area contributed by atoms with E-state index in [9.17, 15) is 4.79 Å². The van der Waals surface area contributed by atoms with Crippen LogP contribution >= 0.6 is 0 Å². The van der Waals surface area contributed by atoms with E-state index in [2.05, 4.69) is 4.98 Å². The lowest BCUT2D eigenvalue weighted by Gasteiger charge is -2.16. The summed E-state index contributed by atoms with van der Waals surface area (Å²) in [5, 5.41) is 0. The normalized spacial score (nSPS) is 9.69. The molecule has 0 fully saturated rings. The maximum absolute atomic E-state index is 11.4. The smallest absolute Gasteiger partial charge is 0.226 e. The molecular formula is C10H14N2O. The number of carbonyl (C=O) groups is 1. The third-order valence-electron chi connectivity index (χ3n) is 1.89. The third kappa shape index (κ3) is 2.54. The Morgan fingerprint density at radius 3 is 2.62 bits per heavy atom. The van der Waals surface area contributed by atoms with Crippen molar-refractivity contribution >= 4 is 11.6 Å². The lowest BCUT2D eigenvalue weighted by atomic mass is 10.3. The lowest BCUT2D eigenvalue weighted by molar-refractivity contribution is -0.118. The van der Waals surface area contributed by atoms with Crippen molar-refractivity contribution in [3.05, 3.63) is 24.5 Å². The minimum absolute atomic E-state index is 0.147. The van der Waals surface area contributed by atoms with Gasteiger partial charge in [0, 0.05) is 31.5 Å². The van der Waals surface area contributed by atoms with Crippen molar-refractivity contribution in [1.29, 1.82) is 0 Å². The number of hydrogen-bond acceptors (Lipinski definition) is 2. The largest absolute Gasteiger partial charge is 0.315 e. The van der Waals surface area contributed by atoms with E-state index in [1.54, 1.807) is 24.3 Å². The van der Waals surface area contributed by atoms with Crippen molar-refractivity contribution in [2.75, 3.05) is 11.9 Å². The summed E-state index contributed by atoms with van der Waals surface area (Å²) in [6.45, 7) is 2.00. The molecule has 3 heteroatoms. The summed E-state index contributed by atoms with van der Waals surface area (Å²) in [5.41, 5.74) is 0.897. The zero-order valence-corrected chi connectivity index (χ0v) is 8.03. The van der Waals surface area contributed by atoms with Gasteiger partial charge in [-0.2, -0.15) is 0 Å². The fraction of sp³-hybridized carbons (Fsp3) is 0.400. The van der Waals surface area contributed by atoms with Crippen LogP contribution in [0.25, 0.3) is 0 Å². The van der Waals surface area contributed by atoms with Gasteiger partial charge >= 0.3 is 0 Å². The topological polar surface area (TPSA) is 33.2 Å². The van der Waals surface area contributed by atoms with Gasteiger partial charge in [0.2, 0.25) is 5.91 Å². The Morgan fingerprint density at radius 2 is 2.08 bits per heavy atom. The Balaban J connectivity index is 2.68. The molecule has 0 saturated carbocycles. The lowest BCUT2D eigenvalue weighted by Crippen LogP contribution is -2.25. The molecular weight excluding hydrogens is 164 g/mol. The molecule has 70 valence electrons. The fourth-order valence-corrected chi connectivity index (χ4v) is 1.09. The van der Waals surface area contributed by atoms with E-state index in [-0.39, 0.29) is 5.91 Å². The highest BCUT2D eigenvalue weighted by Gasteiger charge is 2.08. The average molecular weight is 178 g/mol. The quantitative estimate of drug-likeness (QED) is 0.707. The van der Waals surface area contributed by atoms with E-state index in [0.29, 0.717) is 6.42 Å². The van der Waals surface area contributed by atoms with Gasteiger partial charge in [0.05, 0.1) is 0 Å². The minimum atomic E-state index is 0.147. The molecule has 0 N–H and O–H groups in total. The number of pyridine rings is 1. The molecule has 0 radical (unpaired) electrons. The van der Waals surface area contributed by atoms with Gasteiger partial charge in [-0.3, -0.25) is 9.78 Å². The van der Waals surface area contributed by atoms with Crippen molar-refractivity contribution in [2.24, 2.45) is 0 Å². The summed E-state index contributed by atoms with van der Waals surface area (Å²) in [5.74, 6) is 0.147. The number of hydrogen-bond donors (Lipinski definition) is 0. The van der Waals surface area contributed by atoms with Crippen LogP contribution in [-0.4, -0.2) is 17.9 Å². The Morgan fingerprint density at radius 1 is 1.46 bits per heavy atom. The Bertz CT molecular complexity index is 272. The maximum Gasteiger partial charge on any atom is 0.226 e. The molecule has 0 aliphatic heterocycles. The second kappa shape index (κ2) is 4.60. The molecule has 0 atom stereocenters. The summed E-state index contributed by atoms with van der Waals surface area (Å²) >= 11 is 0. The molecule has 1 rings (SSSR count). The number of amides is 1. The molecule has 0 unspecified atom stereocenters. The van der Waals surface area contributed by atoms with Gasteiger partial charge in [-0.15, -0.1) is 0 Å². The molecule has 0 aliphatic rings. The molecule has 1 amide bonds. The number of carbonyl (C=O) groups excluding carboxylic acids is 1. The van der Waals surface area contributed by atoms with Gasteiger partial charge < -0.3 is 4.90 Å². The first kappa shape index (κ1) is 9.71. The summed E-state index contributed by atoms with van der Waals surface area (Å²) < 4.78 is 0. The van der Waals surface area contributed by atoms with Gasteiger partial charge in [-0.1, -0.05) is 6.92 Å². The molecule has 3 nitrogen and oxygen atoms in total. The van der Waals surface area contributed by atoms with Crippen LogP contribution in [0.1, 0.15) is 19.8 Å². The van der Waals surface area contributed by atoms with E-state index in [1.165, 1.54) is 0 Å². The van der Waals surface area contributed by atoms with E-state index in [0.717, 1.165) is 12.1 Å². The second-order valence-electron chi connectivity index (χ2n) is 2.91. The highest BCUT2D eigenvalue weighted by Crippen LogP contribution is 2.11. The van der Waals surface area contributed by atoms with Crippen LogP contribution in [0.5, 0.6) is 0 Å². The number of aromatic nitrogens is 1. The first-order valence-corrected chi connectivity index (χ1v) is 4.42. The number of rotatable bonds is 3. The predicted octanol–water partition coefficient (Wildman–Crippen LogP) is 1.84. The van der Waals surface area contributed by atoms with E-state index >= 15 is 0 Å². The summed E-state index contributed by atoms with van der Waals surface area (Å²) in [6, 6.07) is 3.65. The summed E-state index contributed by atoms with van der Waals surface area (Å²) in [4.78, 5) is 17.0. The molecule has 1 aromatic heterocycles. The Hall–Kier alpha value is -1.38. The molecule has 13 heavy (non-hydrogen) atoms. The van der Waals surface area contributed by atoms with Crippen molar-refractivity contribution in [3.63, 3.8) is 0 Å². The zero-order valence-electron chi connectivity index (χ0n) is 8.03. The van der Waals surface area contributed by atoms with Gasteiger partial charge in [0.25, 0.3) is 0 Å². The predicted molar refractivity (Wildman–Crippen MR) is 52.6 cm³/mol. The van der Waals surface area contributed by atoms with Crippen molar-refractivity contribution < 1.29 is 4.79 Å². The fourth-order valence-electron chi connectivity index (χ4n) is 1.09. The SMILES string of the molecule is CCCC(=O)N(C)c1ccncc1. The first-order valence-electron chi connectivity index (χ1n) is 4.42. The van der Waals surface area contributed by atoms with Crippen LogP contribution in [-0.2, 0) is 4.79 Å². The molecule has 0 bridgehead atoms. The van der Waals surface area contributed by atoms with E-state index < -0.39 is 0 Å². The van der Waals surface area contributed by atoms with Crippen molar-refractivity contribution in [2.45, 2.75) is 19.8 Å². The standard InChI is InChI=1S/C10H14N2O/c1-3-4-10(13)12(2)9-5-7-11-8-6-9/h5-8H,3-4H2,1-2H3. The molecule has 0 aliphatic carbocycles. The van der Waals surface area contributed by atoms with Crippen LogP contribution in [0.4, 0.5) is 5.69 Å². The van der Waals surface area contributed by atoms with Gasteiger partial charge in [0.15, 0.2) is 0 Å². The number of anilines is 1. The van der Waals surface area contributed by atoms with Crippen molar-refractivity contribution in [3.8, 4) is 0 Å². The molecule has 0 aromatic carbocycles. The minimum Gasteiger partial charge on any atom is -0.315 e. The van der Waals surface area contributed by atoms with Crippen LogP contribution in [0.2, 0.25) is 0 Å². The molecule has 0 spiro atoms. The van der Waals surface area contributed by atoms with Gasteiger partial charge in [0.1, 0.15) is 0 Å². The molecule has 1 heterocycles. The van der Waals surface area contributed by atoms with Crippen LogP contribution in [0, 0.1) is 0 Å². The molecule has 1 aromatic rings. The zero-order chi connectivity index (χ0) is 9.68. The number of nitrogens with zero attached hydrogens (tertiary/aromatic N) is 2. The summed E-state index contributed by atoms with van der Waals surface area (Å²) in [7, 11) is 1.79. The van der Waals surface area contributed by atoms with E-state index in [4.69, 9.17) is 0 Å². The second-order valence-corrected chi connectivity index (χ2v) is 2.91. The maximum atomic E-state index is 11.4.